The van der Waals surface area contributed by atoms with E-state index < -0.39 is 9.84 Å². The first kappa shape index (κ1) is 11.2. The summed E-state index contributed by atoms with van der Waals surface area (Å²) in [5, 5.41) is -0.342. The minimum atomic E-state index is -3.00. The zero-order chi connectivity index (χ0) is 10.8. The number of hydrogen-bond acceptors (Lipinski definition) is 3. The molecule has 0 aromatic heterocycles. The first-order valence-corrected chi connectivity index (χ1v) is 6.32. The Morgan fingerprint density at radius 2 is 2.14 bits per heavy atom. The fraction of sp³-hybridized carbons (Fsp3) is 0.667. The van der Waals surface area contributed by atoms with Gasteiger partial charge in [0.05, 0.1) is 11.0 Å². The van der Waals surface area contributed by atoms with E-state index in [0.29, 0.717) is 13.0 Å². The summed E-state index contributed by atoms with van der Waals surface area (Å²) in [7, 11) is -3.00. The Morgan fingerprint density at radius 3 is 2.71 bits per heavy atom. The summed E-state index contributed by atoms with van der Waals surface area (Å²) in [4.78, 5) is 12.8. The third-order valence-corrected chi connectivity index (χ3v) is 4.76. The summed E-state index contributed by atoms with van der Waals surface area (Å²) in [6.45, 7) is 5.87. The van der Waals surface area contributed by atoms with Crippen LogP contribution in [0.1, 0.15) is 13.3 Å². The van der Waals surface area contributed by atoms with Gasteiger partial charge in [-0.25, -0.2) is 8.42 Å². The van der Waals surface area contributed by atoms with Crippen molar-refractivity contribution >= 4 is 15.7 Å². The number of nitrogens with zero attached hydrogens (tertiary/aromatic N) is 1. The van der Waals surface area contributed by atoms with Gasteiger partial charge >= 0.3 is 0 Å². The predicted molar refractivity (Wildman–Crippen MR) is 54.6 cm³/mol. The van der Waals surface area contributed by atoms with E-state index in [2.05, 4.69) is 6.58 Å². The molecule has 1 fully saturated rings. The molecule has 0 aromatic rings. The van der Waals surface area contributed by atoms with Gasteiger partial charge in [0.2, 0.25) is 5.91 Å². The largest absolute Gasteiger partial charge is 0.338 e. The van der Waals surface area contributed by atoms with Gasteiger partial charge in [0, 0.05) is 13.1 Å². The molecule has 0 aromatic carbocycles. The van der Waals surface area contributed by atoms with E-state index in [-0.39, 0.29) is 23.5 Å². The van der Waals surface area contributed by atoms with Gasteiger partial charge in [0.15, 0.2) is 9.84 Å². The standard InChI is InChI=1S/C9H15NO3S/c1-3-9(11)10-5-4-8(2)14(12,13)7-6-10/h3,8H,1,4-7H2,2H3. The van der Waals surface area contributed by atoms with Gasteiger partial charge in [-0.1, -0.05) is 6.58 Å². The highest BCUT2D eigenvalue weighted by Gasteiger charge is 2.27. The molecule has 0 N–H and O–H groups in total. The Kier molecular flexibility index (Phi) is 3.31. The van der Waals surface area contributed by atoms with E-state index in [9.17, 15) is 13.2 Å². The smallest absolute Gasteiger partial charge is 0.245 e. The molecule has 0 saturated carbocycles. The SMILES string of the molecule is C=CC(=O)N1CCC(C)S(=O)(=O)CC1. The number of rotatable bonds is 1. The maximum Gasteiger partial charge on any atom is 0.245 e. The molecule has 1 aliphatic rings. The van der Waals surface area contributed by atoms with Gasteiger partial charge in [0.25, 0.3) is 0 Å². The summed E-state index contributed by atoms with van der Waals surface area (Å²) in [5.41, 5.74) is 0. The van der Waals surface area contributed by atoms with Crippen molar-refractivity contribution in [2.24, 2.45) is 0 Å². The van der Waals surface area contributed by atoms with Crippen molar-refractivity contribution in [1.82, 2.24) is 4.90 Å². The molecular formula is C9H15NO3S. The van der Waals surface area contributed by atoms with Crippen molar-refractivity contribution in [1.29, 1.82) is 0 Å². The maximum absolute atomic E-state index is 11.5. The van der Waals surface area contributed by atoms with Crippen LogP contribution >= 0.6 is 0 Å². The van der Waals surface area contributed by atoms with Crippen LogP contribution in [0.4, 0.5) is 0 Å². The second kappa shape index (κ2) is 4.13. The van der Waals surface area contributed by atoms with E-state index in [4.69, 9.17) is 0 Å². The second-order valence-corrected chi connectivity index (χ2v) is 6.03. The second-order valence-electron chi connectivity index (χ2n) is 3.50. The van der Waals surface area contributed by atoms with E-state index in [1.807, 2.05) is 0 Å². The van der Waals surface area contributed by atoms with Crippen molar-refractivity contribution in [3.05, 3.63) is 12.7 Å². The van der Waals surface area contributed by atoms with Gasteiger partial charge in [-0.3, -0.25) is 4.79 Å². The lowest BCUT2D eigenvalue weighted by molar-refractivity contribution is -0.125. The van der Waals surface area contributed by atoms with Gasteiger partial charge in [-0.2, -0.15) is 0 Å². The summed E-state index contributed by atoms with van der Waals surface area (Å²) < 4.78 is 23.0. The minimum absolute atomic E-state index is 0.0632. The summed E-state index contributed by atoms with van der Waals surface area (Å²) in [6.07, 6.45) is 1.74. The van der Waals surface area contributed by atoms with Crippen LogP contribution in [0.5, 0.6) is 0 Å². The van der Waals surface area contributed by atoms with E-state index in [1.165, 1.54) is 11.0 Å². The molecule has 80 valence electrons. The molecule has 0 bridgehead atoms. The van der Waals surface area contributed by atoms with E-state index in [0.717, 1.165) is 0 Å². The molecule has 1 heterocycles. The van der Waals surface area contributed by atoms with Crippen molar-refractivity contribution < 1.29 is 13.2 Å². The lowest BCUT2D eigenvalue weighted by Gasteiger charge is -2.17. The number of hydrogen-bond donors (Lipinski definition) is 0. The molecule has 1 aliphatic heterocycles. The van der Waals surface area contributed by atoms with Crippen molar-refractivity contribution in [2.45, 2.75) is 18.6 Å². The van der Waals surface area contributed by atoms with Crippen LogP contribution in [-0.4, -0.2) is 43.3 Å². The molecule has 4 nitrogen and oxygen atoms in total. The van der Waals surface area contributed by atoms with Crippen LogP contribution in [0.3, 0.4) is 0 Å². The highest BCUT2D eigenvalue weighted by molar-refractivity contribution is 7.92. The van der Waals surface area contributed by atoms with Gasteiger partial charge < -0.3 is 4.90 Å². The molecular weight excluding hydrogens is 202 g/mol. The zero-order valence-corrected chi connectivity index (χ0v) is 9.09. The average Bonchev–Trinajstić information content (AvgIpc) is 2.27. The lowest BCUT2D eigenvalue weighted by Crippen LogP contribution is -2.32. The quantitative estimate of drug-likeness (QED) is 0.590. The molecule has 0 aliphatic carbocycles. The normalized spacial score (nSPS) is 26.6. The van der Waals surface area contributed by atoms with Crippen LogP contribution in [0, 0.1) is 0 Å². The molecule has 1 unspecified atom stereocenters. The van der Waals surface area contributed by atoms with Crippen LogP contribution in [-0.2, 0) is 14.6 Å². The molecule has 1 atom stereocenters. The van der Waals surface area contributed by atoms with Crippen LogP contribution in [0.25, 0.3) is 0 Å². The van der Waals surface area contributed by atoms with Gasteiger partial charge in [-0.05, 0) is 19.4 Å². The van der Waals surface area contributed by atoms with Crippen LogP contribution in [0.15, 0.2) is 12.7 Å². The molecule has 0 spiro atoms. The molecule has 14 heavy (non-hydrogen) atoms. The molecule has 1 rings (SSSR count). The number of carbonyl (C=O) groups is 1. The number of amides is 1. The number of sulfone groups is 1. The summed E-state index contributed by atoms with van der Waals surface area (Å²) >= 11 is 0. The predicted octanol–water partition coefficient (Wildman–Crippen LogP) is 0.208. The van der Waals surface area contributed by atoms with Gasteiger partial charge in [-0.15, -0.1) is 0 Å². The van der Waals surface area contributed by atoms with E-state index in [1.54, 1.807) is 6.92 Å². The minimum Gasteiger partial charge on any atom is -0.338 e. The average molecular weight is 217 g/mol. The fourth-order valence-corrected chi connectivity index (χ4v) is 2.76. The number of carbonyl (C=O) groups excluding carboxylic acids is 1. The fourth-order valence-electron chi connectivity index (χ4n) is 1.42. The Hall–Kier alpha value is -0.840. The Balaban J connectivity index is 2.75. The van der Waals surface area contributed by atoms with Crippen molar-refractivity contribution in [3.63, 3.8) is 0 Å². The maximum atomic E-state index is 11.5. The Labute approximate surface area is 84.5 Å². The third kappa shape index (κ3) is 2.35. The zero-order valence-electron chi connectivity index (χ0n) is 8.27. The summed E-state index contributed by atoms with van der Waals surface area (Å²) in [5.74, 6) is -0.123. The molecule has 5 heteroatoms. The van der Waals surface area contributed by atoms with E-state index >= 15 is 0 Å². The molecule has 0 radical (unpaired) electrons. The van der Waals surface area contributed by atoms with Crippen molar-refractivity contribution in [2.75, 3.05) is 18.8 Å². The Morgan fingerprint density at radius 1 is 1.50 bits per heavy atom. The topological polar surface area (TPSA) is 54.5 Å². The Bertz CT molecular complexity index is 334. The van der Waals surface area contributed by atoms with Gasteiger partial charge in [0.1, 0.15) is 0 Å². The first-order valence-electron chi connectivity index (χ1n) is 4.60. The third-order valence-electron chi connectivity index (χ3n) is 2.55. The first-order chi connectivity index (χ1) is 6.47. The highest BCUT2D eigenvalue weighted by Crippen LogP contribution is 2.13. The highest BCUT2D eigenvalue weighted by atomic mass is 32.2. The van der Waals surface area contributed by atoms with Crippen LogP contribution < -0.4 is 0 Å². The molecule has 1 amide bonds. The lowest BCUT2D eigenvalue weighted by atomic mass is 10.3. The van der Waals surface area contributed by atoms with Crippen molar-refractivity contribution in [3.8, 4) is 0 Å². The monoisotopic (exact) mass is 217 g/mol. The van der Waals surface area contributed by atoms with Crippen LogP contribution in [0.2, 0.25) is 0 Å². The molecule has 1 saturated heterocycles. The summed E-state index contributed by atoms with van der Waals surface area (Å²) in [6, 6.07) is 0.